The molecule has 1 amide bonds. The van der Waals surface area contributed by atoms with E-state index >= 15 is 0 Å². The van der Waals surface area contributed by atoms with E-state index in [2.05, 4.69) is 10.5 Å². The van der Waals surface area contributed by atoms with Crippen molar-refractivity contribution in [2.75, 3.05) is 11.5 Å². The Morgan fingerprint density at radius 2 is 2.21 bits per heavy atom. The van der Waals surface area contributed by atoms with Gasteiger partial charge in [0.15, 0.2) is 9.84 Å². The van der Waals surface area contributed by atoms with Crippen LogP contribution in [0.5, 0.6) is 0 Å². The largest absolute Gasteiger partial charge is 0.361 e. The van der Waals surface area contributed by atoms with Gasteiger partial charge in [-0.1, -0.05) is 5.16 Å². The first-order valence-corrected chi connectivity index (χ1v) is 8.11. The van der Waals surface area contributed by atoms with Crippen LogP contribution in [0.15, 0.2) is 4.52 Å². The zero-order valence-electron chi connectivity index (χ0n) is 11.1. The van der Waals surface area contributed by atoms with Crippen LogP contribution in [0.4, 0.5) is 0 Å². The minimum atomic E-state index is -2.95. The Morgan fingerprint density at radius 1 is 1.47 bits per heavy atom. The normalized spacial score (nSPS) is 21.5. The van der Waals surface area contributed by atoms with Gasteiger partial charge < -0.3 is 9.84 Å². The summed E-state index contributed by atoms with van der Waals surface area (Å²) in [6, 6.07) is -0.234. The molecule has 1 atom stereocenters. The van der Waals surface area contributed by atoms with Crippen molar-refractivity contribution in [2.24, 2.45) is 0 Å². The highest BCUT2D eigenvalue weighted by atomic mass is 32.2. The molecular weight excluding hydrogens is 268 g/mol. The number of carbonyl (C=O) groups is 1. The van der Waals surface area contributed by atoms with E-state index in [1.165, 1.54) is 0 Å². The fraction of sp³-hybridized carbons (Fsp3) is 0.667. The zero-order valence-corrected chi connectivity index (χ0v) is 11.9. The van der Waals surface area contributed by atoms with Crippen molar-refractivity contribution in [3.63, 3.8) is 0 Å². The lowest BCUT2D eigenvalue weighted by Crippen LogP contribution is -2.35. The molecule has 19 heavy (non-hydrogen) atoms. The van der Waals surface area contributed by atoms with Crippen LogP contribution in [0.2, 0.25) is 0 Å². The van der Waals surface area contributed by atoms with E-state index in [1.54, 1.807) is 0 Å². The number of amides is 1. The summed E-state index contributed by atoms with van der Waals surface area (Å²) in [6.45, 7) is 3.66. The average Bonchev–Trinajstić information content (AvgIpc) is 2.80. The molecule has 1 N–H and O–H groups in total. The highest BCUT2D eigenvalue weighted by molar-refractivity contribution is 7.91. The van der Waals surface area contributed by atoms with Crippen LogP contribution in [-0.4, -0.2) is 37.0 Å². The Hall–Kier alpha value is -1.37. The number of nitrogens with zero attached hydrogens (tertiary/aromatic N) is 1. The number of nitrogens with one attached hydrogen (secondary N) is 1. The molecule has 0 unspecified atom stereocenters. The van der Waals surface area contributed by atoms with E-state index in [9.17, 15) is 13.2 Å². The molecule has 1 aliphatic rings. The van der Waals surface area contributed by atoms with Crippen molar-refractivity contribution in [3.05, 3.63) is 17.0 Å². The number of hydrogen-bond donors (Lipinski definition) is 1. The lowest BCUT2D eigenvalue weighted by atomic mass is 10.1. The summed E-state index contributed by atoms with van der Waals surface area (Å²) >= 11 is 0. The van der Waals surface area contributed by atoms with Gasteiger partial charge in [-0.05, 0) is 26.7 Å². The van der Waals surface area contributed by atoms with Gasteiger partial charge in [-0.25, -0.2) is 8.42 Å². The number of aromatic nitrogens is 1. The third kappa shape index (κ3) is 3.56. The molecule has 2 heterocycles. The summed E-state index contributed by atoms with van der Waals surface area (Å²) in [6.07, 6.45) is 1.39. The van der Waals surface area contributed by atoms with Crippen LogP contribution in [-0.2, 0) is 21.1 Å². The number of rotatable bonds is 4. The van der Waals surface area contributed by atoms with E-state index in [0.717, 1.165) is 17.0 Å². The first-order valence-electron chi connectivity index (χ1n) is 6.29. The first kappa shape index (κ1) is 14.0. The third-order valence-electron chi connectivity index (χ3n) is 3.38. The minimum absolute atomic E-state index is 0.0596. The average molecular weight is 286 g/mol. The predicted octanol–water partition coefficient (Wildman–Crippen LogP) is 0.527. The smallest absolute Gasteiger partial charge is 0.220 e. The molecule has 1 fully saturated rings. The molecule has 0 aromatic carbocycles. The van der Waals surface area contributed by atoms with Gasteiger partial charge in [0.2, 0.25) is 5.91 Å². The van der Waals surface area contributed by atoms with Gasteiger partial charge in [0.1, 0.15) is 5.76 Å². The zero-order chi connectivity index (χ0) is 14.0. The second-order valence-electron chi connectivity index (χ2n) is 4.97. The molecule has 2 rings (SSSR count). The minimum Gasteiger partial charge on any atom is -0.361 e. The maximum Gasteiger partial charge on any atom is 0.220 e. The lowest BCUT2D eigenvalue weighted by Gasteiger charge is -2.10. The van der Waals surface area contributed by atoms with Gasteiger partial charge >= 0.3 is 0 Å². The van der Waals surface area contributed by atoms with Crippen LogP contribution in [0.25, 0.3) is 0 Å². The fourth-order valence-corrected chi connectivity index (χ4v) is 3.98. The van der Waals surface area contributed by atoms with Gasteiger partial charge in [-0.15, -0.1) is 0 Å². The van der Waals surface area contributed by atoms with Crippen molar-refractivity contribution in [2.45, 2.75) is 39.2 Å². The Balaban J connectivity index is 1.83. The van der Waals surface area contributed by atoms with Gasteiger partial charge in [0, 0.05) is 18.0 Å². The standard InChI is InChI=1S/C12H18N2O4S/c1-8-11(9(2)18-14-8)3-4-12(15)13-10-5-6-19(16,17)7-10/h10H,3-7H2,1-2H3,(H,13,15)/t10-/m1/s1. The van der Waals surface area contributed by atoms with E-state index in [1.807, 2.05) is 13.8 Å². The van der Waals surface area contributed by atoms with Crippen molar-refractivity contribution < 1.29 is 17.7 Å². The number of aryl methyl sites for hydroxylation is 2. The van der Waals surface area contributed by atoms with Crippen molar-refractivity contribution >= 4 is 15.7 Å². The number of sulfone groups is 1. The summed E-state index contributed by atoms with van der Waals surface area (Å²) < 4.78 is 27.6. The number of carbonyl (C=O) groups excluding carboxylic acids is 1. The molecule has 1 aromatic rings. The molecule has 106 valence electrons. The molecule has 0 bridgehead atoms. The SMILES string of the molecule is Cc1noc(C)c1CCC(=O)N[C@@H]1CCS(=O)(=O)C1. The molecule has 0 saturated carbocycles. The van der Waals surface area contributed by atoms with Crippen molar-refractivity contribution in [1.82, 2.24) is 10.5 Å². The van der Waals surface area contributed by atoms with Crippen LogP contribution in [0, 0.1) is 13.8 Å². The summed E-state index contributed by atoms with van der Waals surface area (Å²) in [4.78, 5) is 11.8. The van der Waals surface area contributed by atoms with Crippen LogP contribution < -0.4 is 5.32 Å². The molecule has 0 aliphatic carbocycles. The molecular formula is C12H18N2O4S. The predicted molar refractivity (Wildman–Crippen MR) is 69.5 cm³/mol. The third-order valence-corrected chi connectivity index (χ3v) is 5.15. The quantitative estimate of drug-likeness (QED) is 0.872. The van der Waals surface area contributed by atoms with E-state index in [0.29, 0.717) is 19.3 Å². The van der Waals surface area contributed by atoms with Crippen LogP contribution in [0.1, 0.15) is 29.9 Å². The molecule has 1 aromatic heterocycles. The van der Waals surface area contributed by atoms with E-state index in [4.69, 9.17) is 4.52 Å². The maximum atomic E-state index is 11.8. The summed E-state index contributed by atoms with van der Waals surface area (Å²) in [5.41, 5.74) is 1.75. The summed E-state index contributed by atoms with van der Waals surface area (Å²) in [5, 5.41) is 6.60. The lowest BCUT2D eigenvalue weighted by molar-refractivity contribution is -0.121. The summed E-state index contributed by atoms with van der Waals surface area (Å²) in [7, 11) is -2.95. The number of hydrogen-bond acceptors (Lipinski definition) is 5. The van der Waals surface area contributed by atoms with E-state index < -0.39 is 9.84 Å². The van der Waals surface area contributed by atoms with Gasteiger partial charge in [-0.2, -0.15) is 0 Å². The van der Waals surface area contributed by atoms with Crippen molar-refractivity contribution in [1.29, 1.82) is 0 Å². The molecule has 6 nitrogen and oxygen atoms in total. The molecule has 7 heteroatoms. The van der Waals surface area contributed by atoms with Gasteiger partial charge in [0.05, 0.1) is 17.2 Å². The van der Waals surface area contributed by atoms with Crippen molar-refractivity contribution in [3.8, 4) is 0 Å². The monoisotopic (exact) mass is 286 g/mol. The highest BCUT2D eigenvalue weighted by Gasteiger charge is 2.28. The molecule has 0 radical (unpaired) electrons. The van der Waals surface area contributed by atoms with Crippen LogP contribution in [0.3, 0.4) is 0 Å². The fourth-order valence-electron chi connectivity index (χ4n) is 2.31. The summed E-state index contributed by atoms with van der Waals surface area (Å²) in [5.74, 6) is 0.835. The molecule has 0 spiro atoms. The highest BCUT2D eigenvalue weighted by Crippen LogP contribution is 2.15. The molecule has 1 saturated heterocycles. The Bertz CT molecular complexity index is 557. The first-order chi connectivity index (χ1) is 8.87. The maximum absolute atomic E-state index is 11.8. The van der Waals surface area contributed by atoms with Crippen LogP contribution >= 0.6 is 0 Å². The second-order valence-corrected chi connectivity index (χ2v) is 7.20. The molecule has 1 aliphatic heterocycles. The second kappa shape index (κ2) is 5.32. The Labute approximate surface area is 112 Å². The topological polar surface area (TPSA) is 89.3 Å². The van der Waals surface area contributed by atoms with Gasteiger partial charge in [-0.3, -0.25) is 4.79 Å². The van der Waals surface area contributed by atoms with E-state index in [-0.39, 0.29) is 23.5 Å². The Morgan fingerprint density at radius 3 is 2.74 bits per heavy atom. The van der Waals surface area contributed by atoms with Gasteiger partial charge in [0.25, 0.3) is 0 Å². The Kier molecular flexibility index (Phi) is 3.93.